The van der Waals surface area contributed by atoms with Gasteiger partial charge in [-0.15, -0.1) is 0 Å². The second-order valence-corrected chi connectivity index (χ2v) is 6.97. The van der Waals surface area contributed by atoms with Crippen LogP contribution in [0.1, 0.15) is 33.7 Å². The summed E-state index contributed by atoms with van der Waals surface area (Å²) in [4.78, 5) is 28.3. The Bertz CT molecular complexity index is 869. The topological polar surface area (TPSA) is 71.1 Å². The van der Waals surface area contributed by atoms with Crippen molar-refractivity contribution in [2.24, 2.45) is 0 Å². The van der Waals surface area contributed by atoms with Gasteiger partial charge in [-0.25, -0.2) is 4.98 Å². The number of hydrogen-bond acceptors (Lipinski definition) is 3. The molecule has 130 valence electrons. The summed E-state index contributed by atoms with van der Waals surface area (Å²) in [6.45, 7) is 0. The summed E-state index contributed by atoms with van der Waals surface area (Å²) in [6.07, 6.45) is 1.98. The average Bonchev–Trinajstić information content (AvgIpc) is 3.40. The van der Waals surface area contributed by atoms with E-state index in [4.69, 9.17) is 46.4 Å². The summed E-state index contributed by atoms with van der Waals surface area (Å²) in [7, 11) is 0. The van der Waals surface area contributed by atoms with E-state index in [0.29, 0.717) is 11.3 Å². The van der Waals surface area contributed by atoms with Gasteiger partial charge in [-0.2, -0.15) is 0 Å². The summed E-state index contributed by atoms with van der Waals surface area (Å²) in [6, 6.07) is 6.76. The Balaban J connectivity index is 1.80. The van der Waals surface area contributed by atoms with Gasteiger partial charge >= 0.3 is 0 Å². The third kappa shape index (κ3) is 4.18. The van der Waals surface area contributed by atoms with Crippen molar-refractivity contribution >= 4 is 63.9 Å². The highest BCUT2D eigenvalue weighted by atomic mass is 35.5. The molecular formula is C16H11Cl4N3O2. The second-order valence-electron chi connectivity index (χ2n) is 5.48. The molecule has 0 unspecified atom stereocenters. The number of pyridine rings is 1. The molecule has 1 aliphatic carbocycles. The van der Waals surface area contributed by atoms with E-state index in [1.54, 1.807) is 24.3 Å². The summed E-state index contributed by atoms with van der Waals surface area (Å²) in [5, 5.41) is 5.19. The quantitative estimate of drug-likeness (QED) is 0.697. The van der Waals surface area contributed by atoms with Crippen LogP contribution in [0.25, 0.3) is 0 Å². The molecule has 0 aliphatic heterocycles. The van der Waals surface area contributed by atoms with Crippen molar-refractivity contribution in [2.75, 3.05) is 5.32 Å². The lowest BCUT2D eigenvalue weighted by Gasteiger charge is -2.10. The lowest BCUT2D eigenvalue weighted by molar-refractivity contribution is 0.0949. The van der Waals surface area contributed by atoms with E-state index < -0.39 is 5.91 Å². The highest BCUT2D eigenvalue weighted by Crippen LogP contribution is 2.36. The fourth-order valence-corrected chi connectivity index (χ4v) is 2.88. The van der Waals surface area contributed by atoms with Crippen LogP contribution in [0.2, 0.25) is 20.2 Å². The SMILES string of the molecule is O=C(NC1CC1)c1cccc(NC(=O)c2nc(Cl)c(Cl)c(Cl)c2Cl)c1. The molecular weight excluding hydrogens is 408 g/mol. The molecule has 1 heterocycles. The smallest absolute Gasteiger partial charge is 0.275 e. The molecule has 0 saturated heterocycles. The number of nitrogens with one attached hydrogen (secondary N) is 2. The molecule has 0 spiro atoms. The van der Waals surface area contributed by atoms with Gasteiger partial charge in [0.2, 0.25) is 0 Å². The Morgan fingerprint density at radius 1 is 1.00 bits per heavy atom. The fraction of sp³-hybridized carbons (Fsp3) is 0.188. The standard InChI is InChI=1S/C16H11Cl4N3O2/c17-10-11(18)13(23-14(20)12(10)19)16(25)22-9-3-1-2-7(6-9)15(24)21-8-4-5-8/h1-3,6,8H,4-5H2,(H,21,24)(H,22,25). The van der Waals surface area contributed by atoms with Crippen LogP contribution in [0.4, 0.5) is 5.69 Å². The van der Waals surface area contributed by atoms with Gasteiger partial charge in [0.05, 0.1) is 15.1 Å². The number of aromatic nitrogens is 1. The molecule has 9 heteroatoms. The Hall–Kier alpha value is -1.53. The minimum atomic E-state index is -0.620. The number of carbonyl (C=O) groups excluding carboxylic acids is 2. The first-order chi connectivity index (χ1) is 11.9. The molecule has 3 rings (SSSR count). The third-order valence-electron chi connectivity index (χ3n) is 3.49. The van der Waals surface area contributed by atoms with Crippen LogP contribution in [0.3, 0.4) is 0 Å². The van der Waals surface area contributed by atoms with Crippen molar-refractivity contribution in [3.05, 3.63) is 55.7 Å². The van der Waals surface area contributed by atoms with E-state index in [2.05, 4.69) is 15.6 Å². The number of carbonyl (C=O) groups is 2. The molecule has 5 nitrogen and oxygen atoms in total. The summed E-state index contributed by atoms with van der Waals surface area (Å²) in [5.74, 6) is -0.808. The number of rotatable bonds is 4. The molecule has 1 aromatic heterocycles. The van der Waals surface area contributed by atoms with Crippen molar-refractivity contribution in [2.45, 2.75) is 18.9 Å². The van der Waals surface area contributed by atoms with Crippen LogP contribution in [0, 0.1) is 0 Å². The maximum Gasteiger partial charge on any atom is 0.275 e. The second kappa shape index (κ2) is 7.38. The van der Waals surface area contributed by atoms with Gasteiger partial charge in [-0.05, 0) is 31.0 Å². The average molecular weight is 419 g/mol. The molecule has 25 heavy (non-hydrogen) atoms. The van der Waals surface area contributed by atoms with E-state index >= 15 is 0 Å². The van der Waals surface area contributed by atoms with Gasteiger partial charge in [-0.1, -0.05) is 52.5 Å². The first-order valence-corrected chi connectivity index (χ1v) is 8.80. The summed E-state index contributed by atoms with van der Waals surface area (Å²) in [5.41, 5.74) is 0.693. The molecule has 1 saturated carbocycles. The maximum absolute atomic E-state index is 12.4. The van der Waals surface area contributed by atoms with E-state index in [-0.39, 0.29) is 37.9 Å². The van der Waals surface area contributed by atoms with Crippen LogP contribution in [-0.4, -0.2) is 22.8 Å². The van der Waals surface area contributed by atoms with E-state index in [0.717, 1.165) is 12.8 Å². The van der Waals surface area contributed by atoms with Crippen molar-refractivity contribution in [3.63, 3.8) is 0 Å². The first-order valence-electron chi connectivity index (χ1n) is 7.29. The minimum Gasteiger partial charge on any atom is -0.349 e. The lowest BCUT2D eigenvalue weighted by atomic mass is 10.2. The Morgan fingerprint density at radius 3 is 2.40 bits per heavy atom. The van der Waals surface area contributed by atoms with Crippen molar-refractivity contribution in [1.82, 2.24) is 10.3 Å². The number of anilines is 1. The molecule has 0 radical (unpaired) electrons. The zero-order chi connectivity index (χ0) is 18.1. The number of nitrogens with zero attached hydrogens (tertiary/aromatic N) is 1. The Morgan fingerprint density at radius 2 is 1.72 bits per heavy atom. The molecule has 1 aliphatic rings. The molecule has 2 amide bonds. The minimum absolute atomic E-state index is 0.0244. The van der Waals surface area contributed by atoms with Crippen molar-refractivity contribution in [1.29, 1.82) is 0 Å². The monoisotopic (exact) mass is 417 g/mol. The first kappa shape index (κ1) is 18.3. The van der Waals surface area contributed by atoms with Crippen LogP contribution >= 0.6 is 46.4 Å². The predicted molar refractivity (Wildman–Crippen MR) is 99.2 cm³/mol. The van der Waals surface area contributed by atoms with Gasteiger partial charge in [0.25, 0.3) is 11.8 Å². The largest absolute Gasteiger partial charge is 0.349 e. The summed E-state index contributed by atoms with van der Waals surface area (Å²) >= 11 is 23.6. The van der Waals surface area contributed by atoms with Crippen molar-refractivity contribution in [3.8, 4) is 0 Å². The van der Waals surface area contributed by atoms with Gasteiger partial charge in [0, 0.05) is 17.3 Å². The molecule has 1 aromatic carbocycles. The van der Waals surface area contributed by atoms with Crippen LogP contribution in [0.5, 0.6) is 0 Å². The highest BCUT2D eigenvalue weighted by Gasteiger charge is 2.24. The molecule has 2 N–H and O–H groups in total. The zero-order valence-electron chi connectivity index (χ0n) is 12.6. The molecule has 0 bridgehead atoms. The maximum atomic E-state index is 12.4. The van der Waals surface area contributed by atoms with E-state index in [1.807, 2.05) is 0 Å². The zero-order valence-corrected chi connectivity index (χ0v) is 15.6. The lowest BCUT2D eigenvalue weighted by Crippen LogP contribution is -2.25. The van der Waals surface area contributed by atoms with Crippen molar-refractivity contribution < 1.29 is 9.59 Å². The van der Waals surface area contributed by atoms with Crippen LogP contribution in [0.15, 0.2) is 24.3 Å². The van der Waals surface area contributed by atoms with Gasteiger partial charge in [0.1, 0.15) is 10.8 Å². The number of amides is 2. The Kier molecular flexibility index (Phi) is 5.39. The van der Waals surface area contributed by atoms with Gasteiger partial charge in [0.15, 0.2) is 0 Å². The molecule has 1 fully saturated rings. The number of hydrogen-bond donors (Lipinski definition) is 2. The summed E-state index contributed by atoms with van der Waals surface area (Å²) < 4.78 is 0. The van der Waals surface area contributed by atoms with Crippen LogP contribution in [-0.2, 0) is 0 Å². The Labute approximate surface area is 163 Å². The van der Waals surface area contributed by atoms with E-state index in [9.17, 15) is 9.59 Å². The molecule has 2 aromatic rings. The van der Waals surface area contributed by atoms with Gasteiger partial charge < -0.3 is 10.6 Å². The number of halogens is 4. The number of benzene rings is 1. The fourth-order valence-electron chi connectivity index (χ4n) is 2.06. The third-order valence-corrected chi connectivity index (χ3v) is 5.17. The normalized spacial score (nSPS) is 13.4. The predicted octanol–water partition coefficient (Wildman–Crippen LogP) is 4.84. The highest BCUT2D eigenvalue weighted by molar-refractivity contribution is 6.52. The van der Waals surface area contributed by atoms with E-state index in [1.165, 1.54) is 0 Å². The molecule has 0 atom stereocenters. The van der Waals surface area contributed by atoms with Gasteiger partial charge in [-0.3, -0.25) is 9.59 Å². The van der Waals surface area contributed by atoms with Crippen LogP contribution < -0.4 is 10.6 Å².